The molecule has 0 radical (unpaired) electrons. The summed E-state index contributed by atoms with van der Waals surface area (Å²) in [6, 6.07) is 66.7. The van der Waals surface area contributed by atoms with E-state index in [0.717, 1.165) is 197 Å². The molecule has 0 unspecified atom stereocenters. The van der Waals surface area contributed by atoms with Crippen molar-refractivity contribution in [3.8, 4) is 107 Å². The minimum atomic E-state index is 0. The molecule has 27 heterocycles. The number of thiophene rings is 5. The second-order valence-corrected chi connectivity index (χ2v) is 45.3. The molecule has 15 aromatic rings. The van der Waals surface area contributed by atoms with E-state index < -0.39 is 0 Å². The van der Waals surface area contributed by atoms with Crippen LogP contribution in [0.5, 0.6) is 0 Å². The molecule has 26 nitrogen and oxygen atoms in total. The van der Waals surface area contributed by atoms with Crippen molar-refractivity contribution in [3.05, 3.63) is 239 Å². The predicted molar refractivity (Wildman–Crippen MR) is 570 cm³/mol. The van der Waals surface area contributed by atoms with Crippen LogP contribution in [0.2, 0.25) is 6.82 Å². The normalized spacial score (nSPS) is 25.0. The number of fused-ring (bicyclic) bond motifs is 15. The van der Waals surface area contributed by atoms with Crippen molar-refractivity contribution in [1.29, 1.82) is 0 Å². The van der Waals surface area contributed by atoms with E-state index in [-0.39, 0.29) is 7.43 Å². The van der Waals surface area contributed by atoms with E-state index in [4.69, 9.17) is 9.44 Å². The van der Waals surface area contributed by atoms with E-state index in [1.54, 1.807) is 22.7 Å². The fraction of sp³-hybridized carbons (Fsp3) is 0.436. The average Bonchev–Trinajstić information content (AvgIpc) is 1.65. The Hall–Kier alpha value is -10.8. The maximum atomic E-state index is 10.9. The number of carbonyl (C=O) groups is 2. The van der Waals surface area contributed by atoms with Gasteiger partial charge in [0.1, 0.15) is 28.5 Å². The first-order chi connectivity index (χ1) is 69.5. The van der Waals surface area contributed by atoms with E-state index in [1.807, 2.05) is 41.7 Å². The van der Waals surface area contributed by atoms with Crippen LogP contribution in [0.3, 0.4) is 0 Å². The van der Waals surface area contributed by atoms with E-state index >= 15 is 0 Å². The van der Waals surface area contributed by atoms with Crippen LogP contribution in [0.1, 0.15) is 152 Å². The number of carbonyl (C=O) groups excluding carboxylic acids is 2. The Morgan fingerprint density at radius 1 is 0.317 bits per heavy atom. The van der Waals surface area contributed by atoms with Crippen molar-refractivity contribution in [2.75, 3.05) is 138 Å². The van der Waals surface area contributed by atoms with Gasteiger partial charge in [-0.05, 0) is 290 Å². The molecular formula is C110H127BN22O4S5. The summed E-state index contributed by atoms with van der Waals surface area (Å²) < 4.78 is 24.8. The second kappa shape index (κ2) is 45.6. The fourth-order valence-electron chi connectivity index (χ4n) is 23.2. The van der Waals surface area contributed by atoms with Crippen LogP contribution >= 0.6 is 56.7 Å². The quantitative estimate of drug-likeness (QED) is 0.0480. The van der Waals surface area contributed by atoms with E-state index in [2.05, 4.69) is 297 Å². The molecule has 17 saturated heterocycles. The Morgan fingerprint density at radius 3 is 0.965 bits per heavy atom. The number of ether oxygens (including phenoxy) is 1. The summed E-state index contributed by atoms with van der Waals surface area (Å²) in [5.41, 5.74) is 16.9. The van der Waals surface area contributed by atoms with Crippen molar-refractivity contribution in [2.24, 2.45) is 29.6 Å². The minimum Gasteiger partial charge on any atom is -0.379 e. The third kappa shape index (κ3) is 22.8. The molecule has 10 bridgehead atoms. The first kappa shape index (κ1) is 97.3. The number of likely N-dealkylation sites (tertiary alicyclic amines) is 1. The van der Waals surface area contributed by atoms with Gasteiger partial charge in [-0.1, -0.05) is 161 Å². The Balaban J connectivity index is 0.000000104. The molecule has 17 fully saturated rings. The number of hydrogen-bond acceptors (Lipinski definition) is 26. The molecule has 10 aromatic heterocycles. The van der Waals surface area contributed by atoms with Gasteiger partial charge in [-0.2, -0.15) is 0 Å². The number of morpholine rings is 1. The summed E-state index contributed by atoms with van der Waals surface area (Å²) in [6.45, 7) is 27.8. The van der Waals surface area contributed by atoms with Gasteiger partial charge in [0, 0.05) is 100.0 Å². The molecule has 0 N–H and O–H groups in total. The molecule has 0 saturated carbocycles. The van der Waals surface area contributed by atoms with Crippen LogP contribution in [-0.2, 0) is 22.5 Å². The maximum absolute atomic E-state index is 10.9. The molecule has 5 aromatic carbocycles. The number of aromatic nitrogens is 15. The zero-order chi connectivity index (χ0) is 94.9. The van der Waals surface area contributed by atoms with Gasteiger partial charge in [-0.3, -0.25) is 19.4 Å². The third-order valence-electron chi connectivity index (χ3n) is 31.3. The van der Waals surface area contributed by atoms with Gasteiger partial charge in [0.25, 0.3) is 0 Å². The van der Waals surface area contributed by atoms with Gasteiger partial charge < -0.3 is 29.2 Å². The summed E-state index contributed by atoms with van der Waals surface area (Å²) in [5, 5.41) is 46.8. The molecule has 734 valence electrons. The van der Waals surface area contributed by atoms with Crippen LogP contribution in [-0.4, -0.2) is 267 Å². The Labute approximate surface area is 853 Å². The topological polar surface area (TPSA) is 237 Å². The zero-order valence-electron chi connectivity index (χ0n) is 80.3. The maximum Gasteiger partial charge on any atom is 0.160 e. The molecule has 5 atom stereocenters. The standard InChI is InChI=1S/C25H31N5S.C24H29N5OS.2C20H20N4OS.C19H20N4S.CH3BO.CH4/c1-2-12-28(13-3-1)16-19-4-6-21(7-5-19)24-8-9-25(31-24)22-17-30(27-26-22)23-18-29-14-10-20(23)11-15-29;1-3-20(4-2-18(1)15-28-11-13-30-14-12-28)23-5-6-24(31-23)21-16-29(26-25-21)22-17-27-9-7-19(22)8-10-27;25-13-17-5-6-20(26-17)16-3-1-14(2-4-16)18-11-24(22-21-18)19-12-23-9-7-15(19)8-10-23;25-13-17-4-5-20(26-17)16-3-1-2-15(10-16)18-11-24(22-21-18)19-12-23-8-6-14(19)7-9-23;1-2-19(24-11-1)16-5-3-14(4-6-16)17-12-23(21-20-17)18-13-22-9-7-15(18)8-10-22;1-2-3;/h4-9,17,20,23H,1-3,10-16,18H2;1-6,16,19,22H,7-15,17H2;1-6,11,13,15,19H,7-10,12H2;1-5,10-11,13-14,19H,6-9,12H2;1-6,11-12,15,18H,7-10,13H2;1H3;1H4/t23-;22-;2*19-;18-;;/m00000../s1. The smallest absolute Gasteiger partial charge is 0.160 e. The second-order valence-electron chi connectivity index (χ2n) is 40.0. The Bertz CT molecular complexity index is 6420. The van der Waals surface area contributed by atoms with Crippen LogP contribution in [0.15, 0.2) is 218 Å². The zero-order valence-corrected chi connectivity index (χ0v) is 84.3. The van der Waals surface area contributed by atoms with Crippen LogP contribution < -0.4 is 0 Å². The minimum absolute atomic E-state index is 0. The third-order valence-corrected chi connectivity index (χ3v) is 36.6. The molecule has 32 rings (SSSR count). The predicted octanol–water partition coefficient (Wildman–Crippen LogP) is 20.9. The number of hydrogen-bond donors (Lipinski definition) is 0. The van der Waals surface area contributed by atoms with Crippen molar-refractivity contribution in [3.63, 3.8) is 0 Å². The van der Waals surface area contributed by atoms with Gasteiger partial charge in [-0.25, -0.2) is 23.4 Å². The van der Waals surface area contributed by atoms with Crippen molar-refractivity contribution >= 4 is 76.4 Å². The number of nitrogens with zero attached hydrogens (tertiary/aromatic N) is 22. The summed E-state index contributed by atoms with van der Waals surface area (Å²) in [7, 11) is 0.750. The number of piperidine rings is 16. The van der Waals surface area contributed by atoms with Crippen molar-refractivity contribution in [2.45, 2.75) is 141 Å². The molecule has 17 aliphatic heterocycles. The van der Waals surface area contributed by atoms with E-state index in [1.165, 1.54) is 244 Å². The molecule has 0 aliphatic carbocycles. The first-order valence-electron chi connectivity index (χ1n) is 51.0. The first-order valence-corrected chi connectivity index (χ1v) is 55.1. The summed E-state index contributed by atoms with van der Waals surface area (Å²) in [5.74, 6) is 3.76. The summed E-state index contributed by atoms with van der Waals surface area (Å²) >= 11 is 8.42. The van der Waals surface area contributed by atoms with Crippen molar-refractivity contribution < 1.29 is 19.0 Å². The fourth-order valence-corrected chi connectivity index (χ4v) is 27.5. The number of aldehydes is 2. The largest absolute Gasteiger partial charge is 0.379 e. The molecular weight excluding hydrogens is 1860 g/mol. The van der Waals surface area contributed by atoms with Crippen LogP contribution in [0, 0.1) is 29.6 Å². The van der Waals surface area contributed by atoms with Gasteiger partial charge in [0.15, 0.2) is 12.6 Å². The van der Waals surface area contributed by atoms with Gasteiger partial charge >= 0.3 is 18.7 Å². The molecule has 0 amide bonds. The average molecular weight is 1990 g/mol. The Kier molecular flexibility index (Phi) is 31.3. The SMILES string of the molecule is C.CB=O.O=Cc1ccc(-c2ccc(-c3cn([C@H]4CN5CCC4CC5)nn3)cc2)s1.O=Cc1ccc(-c2cccc(-c3cn([C@H]4CN5CCC4CC5)nn3)c2)s1.c1cc(-c2ccc(-c3cn([C@H]4CN5CCC4CC5)nn3)s2)ccc1CN1CCCCC1.c1cc(-c2ccc(-c3cn([C@H]4CN5CCC4CC5)nn3)s2)ccc1CN1CCOCC1.c1csc(-c2ccc(-c3cn([C@H]4CN5CCC4CC5)nn3)cc2)c1. The van der Waals surface area contributed by atoms with E-state index in [9.17, 15) is 9.59 Å². The van der Waals surface area contributed by atoms with E-state index in [0.29, 0.717) is 30.2 Å². The monoisotopic (exact) mass is 1990 g/mol. The summed E-state index contributed by atoms with van der Waals surface area (Å²) in [4.78, 5) is 49.6. The van der Waals surface area contributed by atoms with Gasteiger partial charge in [-0.15, -0.1) is 82.2 Å². The van der Waals surface area contributed by atoms with Gasteiger partial charge in [0.05, 0.1) is 93.9 Å². The number of benzene rings is 5. The number of rotatable bonds is 21. The summed E-state index contributed by atoms with van der Waals surface area (Å²) in [6.07, 6.45) is 29.4. The molecule has 0 spiro atoms. The van der Waals surface area contributed by atoms with Crippen LogP contribution in [0.25, 0.3) is 107 Å². The molecule has 142 heavy (non-hydrogen) atoms. The Morgan fingerprint density at radius 2 is 0.620 bits per heavy atom. The molecule has 17 aliphatic rings. The van der Waals surface area contributed by atoms with Gasteiger partial charge in [0.2, 0.25) is 0 Å². The van der Waals surface area contributed by atoms with Crippen molar-refractivity contribution in [1.82, 2.24) is 109 Å². The van der Waals surface area contributed by atoms with Crippen LogP contribution in [0.4, 0.5) is 0 Å². The molecule has 32 heteroatoms.